The lowest BCUT2D eigenvalue weighted by molar-refractivity contribution is -0.113. The molecule has 0 aliphatic carbocycles. The number of amides is 1. The summed E-state index contributed by atoms with van der Waals surface area (Å²) in [4.78, 5) is 34.7. The van der Waals surface area contributed by atoms with Gasteiger partial charge in [-0.2, -0.15) is 0 Å². The molecule has 1 amide bonds. The zero-order valence-corrected chi connectivity index (χ0v) is 21.9. The lowest BCUT2D eigenvalue weighted by Gasteiger charge is -2.14. The van der Waals surface area contributed by atoms with Gasteiger partial charge in [0.25, 0.3) is 5.56 Å². The third-order valence-corrected chi connectivity index (χ3v) is 6.85. The average Bonchev–Trinajstić information content (AvgIpc) is 3.32. The van der Waals surface area contributed by atoms with Crippen molar-refractivity contribution in [3.05, 3.63) is 77.1 Å². The fourth-order valence-corrected chi connectivity index (χ4v) is 4.96. The van der Waals surface area contributed by atoms with Gasteiger partial charge < -0.3 is 24.5 Å². The summed E-state index contributed by atoms with van der Waals surface area (Å²) in [5, 5.41) is 4.09. The molecule has 2 N–H and O–H groups in total. The van der Waals surface area contributed by atoms with Gasteiger partial charge in [0.2, 0.25) is 5.91 Å². The van der Waals surface area contributed by atoms with Crippen molar-refractivity contribution in [2.75, 3.05) is 31.9 Å². The summed E-state index contributed by atoms with van der Waals surface area (Å²) in [6, 6.07) is 20.0. The van der Waals surface area contributed by atoms with Crippen LogP contribution in [-0.4, -0.2) is 47.0 Å². The summed E-state index contributed by atoms with van der Waals surface area (Å²) in [7, 11) is 3.08. The van der Waals surface area contributed by atoms with E-state index in [1.54, 1.807) is 49.6 Å². The van der Waals surface area contributed by atoms with Gasteiger partial charge in [-0.1, -0.05) is 30.0 Å². The molecule has 38 heavy (non-hydrogen) atoms. The van der Waals surface area contributed by atoms with Crippen LogP contribution in [0.1, 0.15) is 6.92 Å². The molecule has 0 spiro atoms. The number of hydrogen-bond acceptors (Lipinski definition) is 7. The largest absolute Gasteiger partial charge is 0.497 e. The van der Waals surface area contributed by atoms with Crippen molar-refractivity contribution in [3.63, 3.8) is 0 Å². The number of benzene rings is 3. The Bertz CT molecular complexity index is 1680. The van der Waals surface area contributed by atoms with Crippen LogP contribution in [0.5, 0.6) is 17.2 Å². The molecular weight excluding hydrogens is 504 g/mol. The van der Waals surface area contributed by atoms with E-state index in [2.05, 4.69) is 10.3 Å². The fraction of sp³-hybridized carbons (Fsp3) is 0.179. The first-order chi connectivity index (χ1) is 18.5. The molecule has 9 nitrogen and oxygen atoms in total. The number of thioether (sulfide) groups is 1. The van der Waals surface area contributed by atoms with Crippen LogP contribution in [0.15, 0.2) is 76.7 Å². The van der Waals surface area contributed by atoms with Crippen LogP contribution in [0.25, 0.3) is 27.6 Å². The fourth-order valence-electron chi connectivity index (χ4n) is 4.15. The summed E-state index contributed by atoms with van der Waals surface area (Å²) in [5.41, 5.74) is 2.62. The van der Waals surface area contributed by atoms with Crippen LogP contribution in [0.2, 0.25) is 0 Å². The van der Waals surface area contributed by atoms with Gasteiger partial charge in [-0.05, 0) is 49.4 Å². The highest BCUT2D eigenvalue weighted by Gasteiger charge is 2.19. The molecular formula is C28H26N4O5S. The van der Waals surface area contributed by atoms with Crippen LogP contribution in [-0.2, 0) is 4.79 Å². The van der Waals surface area contributed by atoms with E-state index in [0.717, 1.165) is 10.9 Å². The number of para-hydroxylation sites is 1. The summed E-state index contributed by atoms with van der Waals surface area (Å²) < 4.78 is 17.7. The molecule has 0 aliphatic rings. The van der Waals surface area contributed by atoms with Crippen LogP contribution in [0.3, 0.4) is 0 Å². The first kappa shape index (κ1) is 25.2. The molecule has 5 aromatic rings. The summed E-state index contributed by atoms with van der Waals surface area (Å²) in [5.74, 6) is 1.52. The number of carbonyl (C=O) groups is 1. The maximum absolute atomic E-state index is 13.7. The first-order valence-corrected chi connectivity index (χ1v) is 12.9. The van der Waals surface area contributed by atoms with Crippen molar-refractivity contribution in [3.8, 4) is 22.9 Å². The topological polar surface area (TPSA) is 107 Å². The highest BCUT2D eigenvalue weighted by molar-refractivity contribution is 7.99. The van der Waals surface area contributed by atoms with E-state index in [0.29, 0.717) is 51.4 Å². The number of H-pyrrole nitrogens is 1. The highest BCUT2D eigenvalue weighted by atomic mass is 32.2. The lowest BCUT2D eigenvalue weighted by Crippen LogP contribution is -2.23. The Balaban J connectivity index is 1.52. The van der Waals surface area contributed by atoms with Gasteiger partial charge in [0, 0.05) is 17.0 Å². The van der Waals surface area contributed by atoms with Crippen LogP contribution >= 0.6 is 11.8 Å². The normalized spacial score (nSPS) is 11.0. The zero-order chi connectivity index (χ0) is 26.6. The first-order valence-electron chi connectivity index (χ1n) is 11.9. The number of fused-ring (bicyclic) bond motifs is 3. The predicted octanol–water partition coefficient (Wildman–Crippen LogP) is 5.01. The Hall–Kier alpha value is -4.44. The van der Waals surface area contributed by atoms with Crippen molar-refractivity contribution in [1.82, 2.24) is 14.5 Å². The maximum atomic E-state index is 13.7. The SMILES string of the molecule is CCOc1ccc(-n2c(SCC(=O)Nc3cc(OC)ccc3OC)nc3c([nH]c4ccccc43)c2=O)cc1. The minimum atomic E-state index is -0.284. The minimum Gasteiger partial charge on any atom is -0.497 e. The third kappa shape index (κ3) is 4.90. The van der Waals surface area contributed by atoms with Crippen molar-refractivity contribution >= 4 is 45.3 Å². The molecule has 2 aromatic heterocycles. The van der Waals surface area contributed by atoms with Gasteiger partial charge in [0.05, 0.1) is 38.0 Å². The number of ether oxygens (including phenoxy) is 3. The Morgan fingerprint density at radius 2 is 1.79 bits per heavy atom. The molecule has 2 heterocycles. The molecule has 0 unspecified atom stereocenters. The van der Waals surface area contributed by atoms with E-state index in [1.165, 1.54) is 23.4 Å². The predicted molar refractivity (Wildman–Crippen MR) is 149 cm³/mol. The second kappa shape index (κ2) is 10.9. The van der Waals surface area contributed by atoms with Gasteiger partial charge in [0.15, 0.2) is 5.16 Å². The van der Waals surface area contributed by atoms with Crippen molar-refractivity contribution < 1.29 is 19.0 Å². The number of nitrogens with one attached hydrogen (secondary N) is 2. The monoisotopic (exact) mass is 530 g/mol. The number of anilines is 1. The van der Waals surface area contributed by atoms with Crippen LogP contribution in [0, 0.1) is 0 Å². The summed E-state index contributed by atoms with van der Waals surface area (Å²) in [6.07, 6.45) is 0. The number of carbonyl (C=O) groups excluding carboxylic acids is 1. The Labute approximate surface area is 222 Å². The molecule has 0 radical (unpaired) electrons. The van der Waals surface area contributed by atoms with Crippen LogP contribution < -0.4 is 25.1 Å². The molecule has 0 bridgehead atoms. The average molecular weight is 531 g/mol. The van der Waals surface area contributed by atoms with E-state index >= 15 is 0 Å². The highest BCUT2D eigenvalue weighted by Crippen LogP contribution is 2.30. The van der Waals surface area contributed by atoms with Gasteiger partial charge in [-0.3, -0.25) is 14.2 Å². The van der Waals surface area contributed by atoms with Gasteiger partial charge in [-0.15, -0.1) is 0 Å². The number of methoxy groups -OCH3 is 2. The second-order valence-electron chi connectivity index (χ2n) is 8.26. The van der Waals surface area contributed by atoms with E-state index in [-0.39, 0.29) is 17.2 Å². The number of aromatic amines is 1. The van der Waals surface area contributed by atoms with Crippen molar-refractivity contribution in [2.45, 2.75) is 12.1 Å². The van der Waals surface area contributed by atoms with E-state index in [9.17, 15) is 9.59 Å². The molecule has 5 rings (SSSR count). The minimum absolute atomic E-state index is 0.0116. The third-order valence-electron chi connectivity index (χ3n) is 5.91. The number of nitrogens with zero attached hydrogens (tertiary/aromatic N) is 2. The number of aromatic nitrogens is 3. The second-order valence-corrected chi connectivity index (χ2v) is 9.20. The molecule has 10 heteroatoms. The van der Waals surface area contributed by atoms with E-state index in [4.69, 9.17) is 19.2 Å². The smallest absolute Gasteiger partial charge is 0.283 e. The van der Waals surface area contributed by atoms with E-state index in [1.807, 2.05) is 31.2 Å². The van der Waals surface area contributed by atoms with E-state index < -0.39 is 0 Å². The summed E-state index contributed by atoms with van der Waals surface area (Å²) in [6.45, 7) is 2.45. The number of rotatable bonds is 9. The van der Waals surface area contributed by atoms with Crippen LogP contribution in [0.4, 0.5) is 5.69 Å². The number of hydrogen-bond donors (Lipinski definition) is 2. The lowest BCUT2D eigenvalue weighted by atomic mass is 10.2. The van der Waals surface area contributed by atoms with Gasteiger partial charge in [0.1, 0.15) is 28.3 Å². The van der Waals surface area contributed by atoms with Gasteiger partial charge >= 0.3 is 0 Å². The molecule has 194 valence electrons. The molecule has 0 aliphatic heterocycles. The standard InChI is InChI=1S/C28H26N4O5S/c1-4-37-18-11-9-17(10-12-18)32-27(34)26-25(20-7-5-6-8-21(20)30-26)31-28(32)38-16-24(33)29-22-15-19(35-2)13-14-23(22)36-3/h5-15,30H,4,16H2,1-3H3,(H,29,33). The molecule has 0 fully saturated rings. The molecule has 3 aromatic carbocycles. The molecule has 0 saturated heterocycles. The Morgan fingerprint density at radius 1 is 1.03 bits per heavy atom. The van der Waals surface area contributed by atoms with Gasteiger partial charge in [-0.25, -0.2) is 4.98 Å². The quantitative estimate of drug-likeness (QED) is 0.204. The molecule has 0 atom stereocenters. The van der Waals surface area contributed by atoms with Crippen molar-refractivity contribution in [1.29, 1.82) is 0 Å². The summed E-state index contributed by atoms with van der Waals surface area (Å²) >= 11 is 1.17. The molecule has 0 saturated carbocycles. The Kier molecular flexibility index (Phi) is 7.23. The van der Waals surface area contributed by atoms with Crippen molar-refractivity contribution in [2.24, 2.45) is 0 Å². The zero-order valence-electron chi connectivity index (χ0n) is 21.1. The maximum Gasteiger partial charge on any atom is 0.283 e. The Morgan fingerprint density at radius 3 is 2.53 bits per heavy atom.